The first-order valence-electron chi connectivity index (χ1n) is 7.55. The van der Waals surface area contributed by atoms with Gasteiger partial charge in [0.25, 0.3) is 0 Å². The molecular formula is C17H20N4S2. The number of hydrogen-bond donors (Lipinski definition) is 1. The molecule has 0 aliphatic heterocycles. The highest BCUT2D eigenvalue weighted by molar-refractivity contribution is 7.10. The average molecular weight is 345 g/mol. The van der Waals surface area contributed by atoms with Crippen LogP contribution in [0.1, 0.15) is 44.4 Å². The molecule has 2 aromatic heterocycles. The quantitative estimate of drug-likeness (QED) is 0.712. The molecule has 120 valence electrons. The van der Waals surface area contributed by atoms with Crippen molar-refractivity contribution in [2.75, 3.05) is 5.32 Å². The second kappa shape index (κ2) is 6.37. The van der Waals surface area contributed by atoms with E-state index in [0.29, 0.717) is 0 Å². The smallest absolute Gasteiger partial charge is 0.203 e. The molecule has 3 aromatic rings. The summed E-state index contributed by atoms with van der Waals surface area (Å²) in [5, 5.41) is 7.45. The van der Waals surface area contributed by atoms with Gasteiger partial charge in [-0.1, -0.05) is 51.1 Å². The van der Waals surface area contributed by atoms with Gasteiger partial charge in [0.2, 0.25) is 5.13 Å². The summed E-state index contributed by atoms with van der Waals surface area (Å²) in [6, 6.07) is 10.1. The predicted octanol–water partition coefficient (Wildman–Crippen LogP) is 5.13. The summed E-state index contributed by atoms with van der Waals surface area (Å²) in [6.07, 6.45) is 0. The van der Waals surface area contributed by atoms with Gasteiger partial charge in [-0.3, -0.25) is 0 Å². The Kier molecular flexibility index (Phi) is 4.46. The third kappa shape index (κ3) is 3.76. The van der Waals surface area contributed by atoms with Crippen LogP contribution in [0.4, 0.5) is 5.13 Å². The fraction of sp³-hybridized carbons (Fsp3) is 0.353. The molecule has 0 fully saturated rings. The van der Waals surface area contributed by atoms with Gasteiger partial charge in [-0.2, -0.15) is 9.36 Å². The summed E-state index contributed by atoms with van der Waals surface area (Å²) < 4.78 is 4.43. The molecule has 2 heterocycles. The number of rotatable bonds is 4. The monoisotopic (exact) mass is 344 g/mol. The highest BCUT2D eigenvalue weighted by atomic mass is 32.1. The zero-order valence-corrected chi connectivity index (χ0v) is 15.3. The van der Waals surface area contributed by atoms with E-state index in [1.165, 1.54) is 11.5 Å². The van der Waals surface area contributed by atoms with E-state index >= 15 is 0 Å². The average Bonchev–Trinajstić information content (AvgIpc) is 3.17. The zero-order chi connectivity index (χ0) is 16.4. The Hall–Kier alpha value is -1.79. The van der Waals surface area contributed by atoms with E-state index in [4.69, 9.17) is 4.98 Å². The highest BCUT2D eigenvalue weighted by Gasteiger charge is 2.20. The summed E-state index contributed by atoms with van der Waals surface area (Å²) in [7, 11) is 0. The Morgan fingerprint density at radius 2 is 1.83 bits per heavy atom. The van der Waals surface area contributed by atoms with Crippen LogP contribution in [-0.4, -0.2) is 14.3 Å². The maximum atomic E-state index is 4.76. The van der Waals surface area contributed by atoms with Crippen molar-refractivity contribution in [2.24, 2.45) is 0 Å². The summed E-state index contributed by atoms with van der Waals surface area (Å²) in [6.45, 7) is 8.65. The summed E-state index contributed by atoms with van der Waals surface area (Å²) >= 11 is 3.07. The largest absolute Gasteiger partial charge is 0.351 e. The minimum absolute atomic E-state index is 0.0810. The lowest BCUT2D eigenvalue weighted by molar-refractivity contribution is 0.569. The molecule has 0 amide bonds. The molecule has 1 aromatic carbocycles. The molecular weight excluding hydrogens is 324 g/mol. The molecule has 6 heteroatoms. The van der Waals surface area contributed by atoms with Crippen LogP contribution in [0.5, 0.6) is 0 Å². The van der Waals surface area contributed by atoms with Crippen LogP contribution in [0.15, 0.2) is 35.7 Å². The lowest BCUT2D eigenvalue weighted by Crippen LogP contribution is -2.13. The number of nitrogens with one attached hydrogen (secondary N) is 1. The Balaban J connectivity index is 1.72. The summed E-state index contributed by atoms with van der Waals surface area (Å²) in [4.78, 5) is 9.33. The third-order valence-corrected chi connectivity index (χ3v) is 5.13. The molecule has 1 atom stereocenters. The Bertz CT molecular complexity index is 771. The molecule has 0 bridgehead atoms. The topological polar surface area (TPSA) is 50.7 Å². The van der Waals surface area contributed by atoms with Crippen molar-refractivity contribution in [3.05, 3.63) is 46.4 Å². The third-order valence-electron chi connectivity index (χ3n) is 3.46. The van der Waals surface area contributed by atoms with Crippen LogP contribution in [0.3, 0.4) is 0 Å². The molecule has 0 aliphatic carbocycles. The van der Waals surface area contributed by atoms with Gasteiger partial charge in [-0.25, -0.2) is 4.98 Å². The first kappa shape index (κ1) is 16.1. The Morgan fingerprint density at radius 1 is 1.09 bits per heavy atom. The van der Waals surface area contributed by atoms with Gasteiger partial charge in [0, 0.05) is 27.9 Å². The highest BCUT2D eigenvalue weighted by Crippen LogP contribution is 2.29. The number of nitrogens with zero attached hydrogens (tertiary/aromatic N) is 3. The van der Waals surface area contributed by atoms with Crippen LogP contribution in [0.25, 0.3) is 11.4 Å². The van der Waals surface area contributed by atoms with Gasteiger partial charge >= 0.3 is 0 Å². The van der Waals surface area contributed by atoms with Crippen molar-refractivity contribution in [3.63, 3.8) is 0 Å². The van der Waals surface area contributed by atoms with Crippen molar-refractivity contribution in [1.29, 1.82) is 0 Å². The Morgan fingerprint density at radius 3 is 2.48 bits per heavy atom. The van der Waals surface area contributed by atoms with Gasteiger partial charge in [-0.05, 0) is 6.92 Å². The minimum Gasteiger partial charge on any atom is -0.351 e. The van der Waals surface area contributed by atoms with E-state index in [0.717, 1.165) is 27.2 Å². The lowest BCUT2D eigenvalue weighted by atomic mass is 9.93. The normalized spacial score (nSPS) is 13.0. The number of thiazole rings is 1. The van der Waals surface area contributed by atoms with Gasteiger partial charge in [-0.15, -0.1) is 11.3 Å². The van der Waals surface area contributed by atoms with Crippen LogP contribution >= 0.6 is 22.9 Å². The molecule has 1 unspecified atom stereocenters. The van der Waals surface area contributed by atoms with Crippen LogP contribution < -0.4 is 5.32 Å². The maximum Gasteiger partial charge on any atom is 0.203 e. The minimum atomic E-state index is 0.0810. The molecule has 0 spiro atoms. The van der Waals surface area contributed by atoms with Crippen molar-refractivity contribution in [2.45, 2.75) is 39.2 Å². The molecule has 4 nitrogen and oxygen atoms in total. The van der Waals surface area contributed by atoms with E-state index < -0.39 is 0 Å². The standard InChI is InChI=1S/C17H20N4S2/c1-11(15-19-13(10-22-15)17(2,3)4)18-16-20-14(21-23-16)12-8-6-5-7-9-12/h5-11H,1-4H3,(H,18,20,21). The maximum absolute atomic E-state index is 4.76. The molecule has 0 saturated carbocycles. The second-order valence-electron chi connectivity index (χ2n) is 6.48. The molecule has 0 radical (unpaired) electrons. The molecule has 3 rings (SSSR count). The van der Waals surface area contributed by atoms with E-state index in [2.05, 4.69) is 47.7 Å². The van der Waals surface area contributed by atoms with Crippen molar-refractivity contribution < 1.29 is 0 Å². The van der Waals surface area contributed by atoms with Gasteiger partial charge in [0.1, 0.15) is 5.01 Å². The fourth-order valence-corrected chi connectivity index (χ4v) is 3.79. The van der Waals surface area contributed by atoms with Gasteiger partial charge in [0.15, 0.2) is 5.82 Å². The zero-order valence-electron chi connectivity index (χ0n) is 13.7. The number of anilines is 1. The summed E-state index contributed by atoms with van der Waals surface area (Å²) in [5.41, 5.74) is 2.25. The molecule has 0 aliphatic rings. The van der Waals surface area contributed by atoms with E-state index in [-0.39, 0.29) is 11.5 Å². The second-order valence-corrected chi connectivity index (χ2v) is 8.12. The molecule has 1 N–H and O–H groups in total. The van der Waals surface area contributed by atoms with E-state index in [1.54, 1.807) is 11.3 Å². The van der Waals surface area contributed by atoms with Gasteiger partial charge < -0.3 is 5.32 Å². The molecule has 23 heavy (non-hydrogen) atoms. The Labute approximate surface area is 144 Å². The number of aromatic nitrogens is 3. The first-order chi connectivity index (χ1) is 10.9. The van der Waals surface area contributed by atoms with Crippen molar-refractivity contribution >= 4 is 28.0 Å². The number of benzene rings is 1. The van der Waals surface area contributed by atoms with Crippen LogP contribution in [0, 0.1) is 0 Å². The van der Waals surface area contributed by atoms with E-state index in [1.807, 2.05) is 30.3 Å². The first-order valence-corrected chi connectivity index (χ1v) is 9.20. The SMILES string of the molecule is CC(Nc1nc(-c2ccccc2)ns1)c1nc(C(C)(C)C)cs1. The van der Waals surface area contributed by atoms with Gasteiger partial charge in [0.05, 0.1) is 11.7 Å². The van der Waals surface area contributed by atoms with Crippen molar-refractivity contribution in [3.8, 4) is 11.4 Å². The molecule has 0 saturated heterocycles. The predicted molar refractivity (Wildman–Crippen MR) is 98.2 cm³/mol. The van der Waals surface area contributed by atoms with E-state index in [9.17, 15) is 0 Å². The summed E-state index contributed by atoms with van der Waals surface area (Å²) in [5.74, 6) is 0.764. The van der Waals surface area contributed by atoms with Crippen LogP contribution in [-0.2, 0) is 5.41 Å². The number of hydrogen-bond acceptors (Lipinski definition) is 6. The fourth-order valence-electron chi connectivity index (χ4n) is 2.06. The van der Waals surface area contributed by atoms with Crippen LogP contribution in [0.2, 0.25) is 0 Å². The van der Waals surface area contributed by atoms with Crippen molar-refractivity contribution in [1.82, 2.24) is 14.3 Å². The lowest BCUT2D eigenvalue weighted by Gasteiger charge is -2.15.